The molecule has 0 aliphatic rings. The molecule has 0 bridgehead atoms. The quantitative estimate of drug-likeness (QED) is 0.0675. The normalized spacial score (nSPS) is 13.6. The third-order valence-electron chi connectivity index (χ3n) is 10.8. The second-order valence-corrected chi connectivity index (χ2v) is 16.7. The van der Waals surface area contributed by atoms with E-state index in [1.807, 2.05) is 5.38 Å². The summed E-state index contributed by atoms with van der Waals surface area (Å²) in [7, 11) is 0. The van der Waals surface area contributed by atoms with Crippen LogP contribution in [0, 0.1) is 0 Å². The van der Waals surface area contributed by atoms with Crippen LogP contribution in [0.25, 0.3) is 0 Å². The van der Waals surface area contributed by atoms with E-state index in [0.29, 0.717) is 0 Å². The maximum Gasteiger partial charge on any atom is 0.416 e. The van der Waals surface area contributed by atoms with Gasteiger partial charge in [0.05, 0.1) is 55.5 Å². The van der Waals surface area contributed by atoms with Crippen molar-refractivity contribution in [1.82, 2.24) is 0 Å². The molecule has 0 fully saturated rings. The highest BCUT2D eigenvalue weighted by molar-refractivity contribution is 7.20. The van der Waals surface area contributed by atoms with Crippen molar-refractivity contribution in [2.75, 3.05) is 0 Å². The Morgan fingerprint density at radius 3 is 0.760 bits per heavy atom. The molecule has 2 nitrogen and oxygen atoms in total. The smallest absolute Gasteiger partial charge is 0.287 e. The van der Waals surface area contributed by atoms with Crippen LogP contribution in [0.15, 0.2) is 114 Å². The van der Waals surface area contributed by atoms with Gasteiger partial charge in [0.15, 0.2) is 6.20 Å². The van der Waals surface area contributed by atoms with Crippen LogP contribution in [0.2, 0.25) is 0 Å². The van der Waals surface area contributed by atoms with Crippen molar-refractivity contribution in [3.8, 4) is 0 Å². The molecule has 6 aromatic rings. The van der Waals surface area contributed by atoms with E-state index < -0.39 is 206 Å². The molecule has 1 heterocycles. The minimum absolute atomic E-state index is 0.134. The standard InChI is InChI=1S/C32H12BF24.C12H9F3NOS/c34-25(35,36)13-1-14(26(37,38)39)6-21(5-13)33(22-7-15(27(40,41)42)2-16(8-22)28(43,44)45,23-9-17(29(46,47)48)3-18(10-23)30(49,50)51)24-11-19(31(52,53)54)4-20(12-24)32(55,56)57;13-12(14,15)10-3-1-9(2-4-10)11(17)7-16-5-6-18-8-16/h1-12H;1-6,8H,7H2/q-1;+1. The van der Waals surface area contributed by atoms with Crippen LogP contribution < -0.4 is 26.4 Å². The molecule has 0 amide bonds. The number of halogens is 27. The van der Waals surface area contributed by atoms with Gasteiger partial charge in [0.25, 0.3) is 0 Å². The number of hydrogen-bond donors (Lipinski definition) is 0. The molecule has 0 saturated heterocycles. The Bertz CT molecular complexity index is 2570. The van der Waals surface area contributed by atoms with Crippen molar-refractivity contribution >= 4 is 45.1 Å². The largest absolute Gasteiger partial charge is 0.416 e. The van der Waals surface area contributed by atoms with E-state index in [-0.39, 0.29) is 17.9 Å². The molecule has 31 heteroatoms. The van der Waals surface area contributed by atoms with Gasteiger partial charge < -0.3 is 0 Å². The summed E-state index contributed by atoms with van der Waals surface area (Å²) in [5.74, 6) is -0.216. The number of rotatable bonds is 7. The first-order chi connectivity index (χ1) is 33.7. The molecule has 0 unspecified atom stereocenters. The number of alkyl halides is 27. The average molecular weight is 1140 g/mol. The summed E-state index contributed by atoms with van der Waals surface area (Å²) in [6, 6.07) is -4.55. The number of Topliss-reactive ketones (excluding diaryl/α,β-unsaturated/α-hetero) is 1. The number of nitrogens with zero attached hydrogens (tertiary/aromatic N) is 1. The molecule has 0 N–H and O–H groups in total. The lowest BCUT2D eigenvalue weighted by atomic mass is 9.12. The van der Waals surface area contributed by atoms with Gasteiger partial charge in [-0.3, -0.25) is 4.79 Å². The van der Waals surface area contributed by atoms with Gasteiger partial charge in [-0.1, -0.05) is 72.0 Å². The van der Waals surface area contributed by atoms with E-state index in [1.54, 1.807) is 16.3 Å². The van der Waals surface area contributed by atoms with Crippen LogP contribution in [0.1, 0.15) is 60.4 Å². The van der Waals surface area contributed by atoms with Crippen molar-refractivity contribution in [2.24, 2.45) is 0 Å². The Hall–Kier alpha value is -6.43. The molecule has 0 atom stereocenters. The number of carbonyl (C=O) groups excluding carboxylic acids is 1. The second-order valence-electron chi connectivity index (χ2n) is 15.9. The third-order valence-corrected chi connectivity index (χ3v) is 11.5. The maximum atomic E-state index is 14.2. The Morgan fingerprint density at radius 2 is 0.573 bits per heavy atom. The molecule has 0 radical (unpaired) electrons. The van der Waals surface area contributed by atoms with Crippen LogP contribution in [-0.2, 0) is 62.1 Å². The van der Waals surface area contributed by atoms with Crippen LogP contribution in [0.4, 0.5) is 119 Å². The van der Waals surface area contributed by atoms with Crippen LogP contribution in [0.5, 0.6) is 0 Å². The Kier molecular flexibility index (Phi) is 15.8. The summed E-state index contributed by atoms with van der Waals surface area (Å²) >= 11 is 1.44. The lowest BCUT2D eigenvalue weighted by molar-refractivity contribution is -0.678. The minimum atomic E-state index is -6.13. The fourth-order valence-corrected chi connectivity index (χ4v) is 8.12. The van der Waals surface area contributed by atoms with Crippen LogP contribution in [0.3, 0.4) is 0 Å². The highest BCUT2D eigenvalue weighted by atomic mass is 32.1. The summed E-state index contributed by atoms with van der Waals surface area (Å²) in [4.78, 5) is 11.8. The zero-order valence-electron chi connectivity index (χ0n) is 35.7. The zero-order chi connectivity index (χ0) is 57.1. The average Bonchev–Trinajstić information content (AvgIpc) is 3.77. The van der Waals surface area contributed by atoms with E-state index in [1.165, 1.54) is 23.5 Å². The van der Waals surface area contributed by atoms with Gasteiger partial charge in [-0.2, -0.15) is 145 Å². The van der Waals surface area contributed by atoms with E-state index in [4.69, 9.17) is 0 Å². The van der Waals surface area contributed by atoms with Gasteiger partial charge in [-0.25, -0.2) is 0 Å². The molecular weight excluding hydrogens is 1110 g/mol. The summed E-state index contributed by atoms with van der Waals surface area (Å²) in [6.07, 6.45) is -57.4. The molecule has 0 spiro atoms. The van der Waals surface area contributed by atoms with Gasteiger partial charge in [0, 0.05) is 5.56 Å². The lowest BCUT2D eigenvalue weighted by Crippen LogP contribution is -2.75. The molecule has 0 aliphatic heterocycles. The predicted molar refractivity (Wildman–Crippen MR) is 210 cm³/mol. The monoisotopic (exact) mass is 1140 g/mol. The zero-order valence-corrected chi connectivity index (χ0v) is 36.5. The molecule has 75 heavy (non-hydrogen) atoms. The van der Waals surface area contributed by atoms with E-state index in [0.717, 1.165) is 12.1 Å². The predicted octanol–water partition coefficient (Wildman–Crippen LogP) is 14.2. The fourth-order valence-electron chi connectivity index (χ4n) is 7.52. The van der Waals surface area contributed by atoms with Gasteiger partial charge >= 0.3 is 55.6 Å². The van der Waals surface area contributed by atoms with Crippen molar-refractivity contribution in [1.29, 1.82) is 0 Å². The summed E-state index contributed by atoms with van der Waals surface area (Å²) < 4.78 is 380. The molecular formula is C44H21BF27NOS. The molecule has 0 aliphatic carbocycles. The number of thiazole rings is 1. The first-order valence-electron chi connectivity index (χ1n) is 19.7. The molecule has 0 saturated carbocycles. The number of aromatic nitrogens is 1. The second kappa shape index (κ2) is 19.9. The van der Waals surface area contributed by atoms with Crippen molar-refractivity contribution < 1.29 is 128 Å². The van der Waals surface area contributed by atoms with E-state index in [2.05, 4.69) is 0 Å². The lowest BCUT2D eigenvalue weighted by Gasteiger charge is -2.46. The van der Waals surface area contributed by atoms with Gasteiger partial charge in [0.1, 0.15) is 6.15 Å². The van der Waals surface area contributed by atoms with E-state index in [9.17, 15) is 123 Å². The van der Waals surface area contributed by atoms with Crippen molar-refractivity contribution in [2.45, 2.75) is 62.1 Å². The van der Waals surface area contributed by atoms with Gasteiger partial charge in [-0.05, 0) is 36.4 Å². The van der Waals surface area contributed by atoms with Crippen LogP contribution in [-0.4, -0.2) is 11.9 Å². The van der Waals surface area contributed by atoms with Gasteiger partial charge in [0.2, 0.25) is 17.8 Å². The maximum absolute atomic E-state index is 14.2. The Labute approximate surface area is 404 Å². The first-order valence-corrected chi connectivity index (χ1v) is 20.6. The molecule has 406 valence electrons. The highest BCUT2D eigenvalue weighted by Crippen LogP contribution is 2.41. The summed E-state index contributed by atoms with van der Waals surface area (Å²) in [6.45, 7) is 0.134. The number of hydrogen-bond acceptors (Lipinski definition) is 2. The molecule has 6 rings (SSSR count). The van der Waals surface area contributed by atoms with Crippen LogP contribution >= 0.6 is 11.3 Å². The number of ketones is 1. The molecule has 5 aromatic carbocycles. The third kappa shape index (κ3) is 13.9. The van der Waals surface area contributed by atoms with Crippen molar-refractivity contribution in [3.05, 3.63) is 170 Å². The first kappa shape index (κ1) is 59.5. The minimum Gasteiger partial charge on any atom is -0.287 e. The summed E-state index contributed by atoms with van der Waals surface area (Å²) in [5, 5.41) is 1.82. The Morgan fingerprint density at radius 1 is 0.347 bits per heavy atom. The highest BCUT2D eigenvalue weighted by Gasteiger charge is 2.47. The number of carbonyl (C=O) groups is 1. The topological polar surface area (TPSA) is 20.9 Å². The number of benzene rings is 5. The summed E-state index contributed by atoms with van der Waals surface area (Å²) in [5.41, 5.74) is -28.9. The molecule has 1 aromatic heterocycles. The fraction of sp³-hybridized carbons (Fsp3) is 0.227. The Balaban J connectivity index is 0.000000483. The van der Waals surface area contributed by atoms with E-state index >= 15 is 0 Å². The van der Waals surface area contributed by atoms with Gasteiger partial charge in [-0.15, -0.1) is 0 Å². The SMILES string of the molecule is FC(F)(F)c1cc([B-](c2cc(C(F)(F)F)cc(C(F)(F)F)c2)(c2cc(C(F)(F)F)cc(C(F)(F)F)c2)c2cc(C(F)(F)F)cc(C(F)(F)F)c2)cc(C(F)(F)F)c1.O=C(C[n+]1ccsc1)c1ccc(C(F)(F)F)cc1. The van der Waals surface area contributed by atoms with Crippen molar-refractivity contribution in [3.63, 3.8) is 0 Å².